The molecule has 1 aromatic rings. The SMILES string of the molecule is CCCSC1(SCCC)N=C(N)C2(C#N)C(c3ccc(CC)cc3)C12C#N. The predicted octanol–water partition coefficient (Wildman–Crippen LogP) is 4.68. The second kappa shape index (κ2) is 7.41. The van der Waals surface area contributed by atoms with E-state index < -0.39 is 15.0 Å². The molecule has 3 atom stereocenters. The summed E-state index contributed by atoms with van der Waals surface area (Å²) in [6, 6.07) is 13.3. The van der Waals surface area contributed by atoms with Crippen LogP contribution in [0.3, 0.4) is 0 Å². The summed E-state index contributed by atoms with van der Waals surface area (Å²) in [5, 5.41) is 20.6. The molecule has 2 aliphatic rings. The Morgan fingerprint density at radius 2 is 1.63 bits per heavy atom. The maximum absolute atomic E-state index is 10.4. The Labute approximate surface area is 170 Å². The number of fused-ring (bicyclic) bond motifs is 1. The fourth-order valence-electron chi connectivity index (χ4n) is 4.28. The maximum atomic E-state index is 10.4. The summed E-state index contributed by atoms with van der Waals surface area (Å²) < 4.78 is -0.707. The third-order valence-corrected chi connectivity index (χ3v) is 9.19. The molecule has 0 saturated heterocycles. The standard InChI is InChI=1S/C21H26N4S2/c1-4-11-26-21(27-12-5-2)20(14-23)17(19(20,13-22)18(24)25-21)16-9-7-15(6-3)8-10-16/h7-10,17H,4-6,11-12H2,1-3H3,(H2,24,25). The van der Waals surface area contributed by atoms with Gasteiger partial charge in [-0.2, -0.15) is 10.5 Å². The van der Waals surface area contributed by atoms with E-state index in [1.807, 2.05) is 0 Å². The van der Waals surface area contributed by atoms with Gasteiger partial charge in [0.25, 0.3) is 0 Å². The molecule has 1 aliphatic carbocycles. The van der Waals surface area contributed by atoms with Crippen LogP contribution in [-0.2, 0) is 6.42 Å². The number of benzene rings is 1. The lowest BCUT2D eigenvalue weighted by atomic mass is 9.97. The second-order valence-electron chi connectivity index (χ2n) is 7.14. The maximum Gasteiger partial charge on any atom is 0.175 e. The smallest absolute Gasteiger partial charge is 0.175 e. The van der Waals surface area contributed by atoms with Crippen LogP contribution in [0.1, 0.15) is 50.7 Å². The molecule has 0 aromatic heterocycles. The van der Waals surface area contributed by atoms with Crippen molar-refractivity contribution in [3.05, 3.63) is 35.4 Å². The Bertz CT molecular complexity index is 812. The first-order valence-corrected chi connectivity index (χ1v) is 11.6. The topological polar surface area (TPSA) is 86.0 Å². The molecule has 1 heterocycles. The van der Waals surface area contributed by atoms with E-state index in [-0.39, 0.29) is 5.92 Å². The van der Waals surface area contributed by atoms with Crippen molar-refractivity contribution in [3.8, 4) is 12.1 Å². The van der Waals surface area contributed by atoms with Gasteiger partial charge in [-0.3, -0.25) is 0 Å². The lowest BCUT2D eigenvalue weighted by Gasteiger charge is -2.32. The van der Waals surface area contributed by atoms with E-state index in [1.165, 1.54) is 5.56 Å². The second-order valence-corrected chi connectivity index (χ2v) is 9.98. The van der Waals surface area contributed by atoms with Gasteiger partial charge in [-0.05, 0) is 41.9 Å². The van der Waals surface area contributed by atoms with Crippen LogP contribution < -0.4 is 5.73 Å². The van der Waals surface area contributed by atoms with Crippen molar-refractivity contribution in [2.45, 2.75) is 50.2 Å². The average Bonchev–Trinajstić information content (AvgIpc) is 3.28. The van der Waals surface area contributed by atoms with E-state index in [0.717, 1.165) is 36.3 Å². The summed E-state index contributed by atoms with van der Waals surface area (Å²) in [6.45, 7) is 6.36. The molecule has 4 nitrogen and oxygen atoms in total. The first-order valence-electron chi connectivity index (χ1n) is 9.58. The number of thioether (sulfide) groups is 2. The fraction of sp³-hybridized carbons (Fsp3) is 0.571. The van der Waals surface area contributed by atoms with Gasteiger partial charge in [-0.1, -0.05) is 45.0 Å². The molecule has 1 saturated carbocycles. The Balaban J connectivity index is 2.13. The van der Waals surface area contributed by atoms with Crippen LogP contribution in [0.5, 0.6) is 0 Å². The molecule has 1 fully saturated rings. The van der Waals surface area contributed by atoms with Gasteiger partial charge in [0.15, 0.2) is 4.20 Å². The van der Waals surface area contributed by atoms with E-state index in [0.29, 0.717) is 5.84 Å². The van der Waals surface area contributed by atoms with Gasteiger partial charge >= 0.3 is 0 Å². The molecule has 0 bridgehead atoms. The average molecular weight is 399 g/mol. The summed E-state index contributed by atoms with van der Waals surface area (Å²) in [6.07, 6.45) is 2.95. The number of nitrogens with zero attached hydrogens (tertiary/aromatic N) is 3. The van der Waals surface area contributed by atoms with E-state index in [9.17, 15) is 10.5 Å². The van der Waals surface area contributed by atoms with Gasteiger partial charge in [-0.25, -0.2) is 4.99 Å². The van der Waals surface area contributed by atoms with Crippen molar-refractivity contribution in [2.24, 2.45) is 21.6 Å². The first-order chi connectivity index (χ1) is 13.0. The van der Waals surface area contributed by atoms with Crippen LogP contribution in [0, 0.1) is 33.5 Å². The number of amidine groups is 1. The highest BCUT2D eigenvalue weighted by atomic mass is 32.2. The molecular weight excluding hydrogens is 372 g/mol. The Hall–Kier alpha value is -1.63. The summed E-state index contributed by atoms with van der Waals surface area (Å²) >= 11 is 3.38. The summed E-state index contributed by atoms with van der Waals surface area (Å²) in [7, 11) is 0. The number of hydrogen-bond donors (Lipinski definition) is 1. The van der Waals surface area contributed by atoms with Crippen LogP contribution >= 0.6 is 23.5 Å². The third kappa shape index (κ3) is 2.53. The molecule has 142 valence electrons. The number of hydrogen-bond acceptors (Lipinski definition) is 6. The first kappa shape index (κ1) is 20.1. The Morgan fingerprint density at radius 1 is 1.04 bits per heavy atom. The van der Waals surface area contributed by atoms with Gasteiger partial charge in [0.05, 0.1) is 12.1 Å². The van der Waals surface area contributed by atoms with Crippen LogP contribution in [0.15, 0.2) is 29.3 Å². The highest BCUT2D eigenvalue weighted by molar-refractivity contribution is 8.18. The molecule has 6 heteroatoms. The van der Waals surface area contributed by atoms with Crippen LogP contribution in [0.4, 0.5) is 0 Å². The van der Waals surface area contributed by atoms with Crippen molar-refractivity contribution in [1.29, 1.82) is 10.5 Å². The number of aliphatic imine (C=N–C) groups is 1. The molecule has 27 heavy (non-hydrogen) atoms. The van der Waals surface area contributed by atoms with Gasteiger partial charge in [0.2, 0.25) is 0 Å². The lowest BCUT2D eigenvalue weighted by molar-refractivity contribution is 0.563. The van der Waals surface area contributed by atoms with Gasteiger partial charge in [0, 0.05) is 5.92 Å². The van der Waals surface area contributed by atoms with Crippen molar-refractivity contribution >= 4 is 29.4 Å². The number of nitrogens with two attached hydrogens (primary N) is 1. The number of nitriles is 2. The van der Waals surface area contributed by atoms with Crippen LogP contribution in [-0.4, -0.2) is 21.5 Å². The van der Waals surface area contributed by atoms with Gasteiger partial charge in [-0.15, -0.1) is 23.5 Å². The van der Waals surface area contributed by atoms with Gasteiger partial charge < -0.3 is 5.73 Å². The zero-order valence-corrected chi connectivity index (χ0v) is 17.8. The van der Waals surface area contributed by atoms with Crippen molar-refractivity contribution in [2.75, 3.05) is 11.5 Å². The minimum absolute atomic E-state index is 0.225. The van der Waals surface area contributed by atoms with E-state index in [2.05, 4.69) is 57.2 Å². The predicted molar refractivity (Wildman–Crippen MR) is 115 cm³/mol. The molecule has 3 unspecified atom stereocenters. The van der Waals surface area contributed by atoms with Crippen LogP contribution in [0.2, 0.25) is 0 Å². The molecule has 1 aromatic carbocycles. The molecule has 2 N–H and O–H groups in total. The van der Waals surface area contributed by atoms with E-state index in [1.54, 1.807) is 23.5 Å². The van der Waals surface area contributed by atoms with Crippen LogP contribution in [0.25, 0.3) is 0 Å². The normalized spacial score (nSPS) is 30.1. The van der Waals surface area contributed by atoms with Crippen molar-refractivity contribution in [1.82, 2.24) is 0 Å². The van der Waals surface area contributed by atoms with E-state index in [4.69, 9.17) is 10.7 Å². The number of rotatable bonds is 8. The molecular formula is C21H26N4S2. The highest BCUT2D eigenvalue weighted by Gasteiger charge is 2.91. The molecule has 0 amide bonds. The fourth-order valence-corrected chi connectivity index (χ4v) is 7.51. The molecule has 3 rings (SSSR count). The zero-order valence-electron chi connectivity index (χ0n) is 16.2. The summed E-state index contributed by atoms with van der Waals surface area (Å²) in [4.78, 5) is 4.80. The van der Waals surface area contributed by atoms with Gasteiger partial charge in [0.1, 0.15) is 16.7 Å². The monoisotopic (exact) mass is 398 g/mol. The minimum atomic E-state index is -1.02. The molecule has 0 spiro atoms. The quantitative estimate of drug-likeness (QED) is 0.643. The van der Waals surface area contributed by atoms with Crippen molar-refractivity contribution in [3.63, 3.8) is 0 Å². The summed E-state index contributed by atoms with van der Waals surface area (Å²) in [5.41, 5.74) is 6.72. The van der Waals surface area contributed by atoms with E-state index >= 15 is 0 Å². The van der Waals surface area contributed by atoms with Crippen molar-refractivity contribution < 1.29 is 0 Å². The zero-order chi connectivity index (χ0) is 19.7. The largest absolute Gasteiger partial charge is 0.386 e. The third-order valence-electron chi connectivity index (χ3n) is 5.65. The number of aryl methyl sites for hydroxylation is 1. The lowest BCUT2D eigenvalue weighted by Crippen LogP contribution is -2.32. The highest BCUT2D eigenvalue weighted by Crippen LogP contribution is 2.85. The molecule has 0 radical (unpaired) electrons. The molecule has 1 aliphatic heterocycles. The summed E-state index contributed by atoms with van der Waals surface area (Å²) in [5.74, 6) is 1.89. The Morgan fingerprint density at radius 3 is 2.07 bits per heavy atom. The Kier molecular flexibility index (Phi) is 5.52. The minimum Gasteiger partial charge on any atom is -0.386 e.